The average Bonchev–Trinajstić information content (AvgIpc) is 2.22. The molecule has 0 heterocycles. The molecule has 0 saturated heterocycles. The summed E-state index contributed by atoms with van der Waals surface area (Å²) in [6.45, 7) is 14.3. The second-order valence-corrected chi connectivity index (χ2v) is 5.74. The van der Waals surface area contributed by atoms with E-state index in [0.717, 1.165) is 25.3 Å². The molecule has 2 heteroatoms. The van der Waals surface area contributed by atoms with E-state index in [1.54, 1.807) is 0 Å². The van der Waals surface area contributed by atoms with Crippen molar-refractivity contribution in [1.82, 2.24) is 4.90 Å². The van der Waals surface area contributed by atoms with Crippen LogP contribution in [0.4, 0.5) is 0 Å². The summed E-state index contributed by atoms with van der Waals surface area (Å²) in [7, 11) is 0. The monoisotopic (exact) mass is 224 g/mol. The van der Waals surface area contributed by atoms with Gasteiger partial charge in [-0.05, 0) is 45.7 Å². The van der Waals surface area contributed by atoms with Crippen molar-refractivity contribution in [3.8, 4) is 6.07 Å². The third-order valence-electron chi connectivity index (χ3n) is 2.90. The molecule has 0 fully saturated rings. The number of rotatable bonds is 8. The van der Waals surface area contributed by atoms with Crippen molar-refractivity contribution in [2.24, 2.45) is 11.3 Å². The van der Waals surface area contributed by atoms with Crippen LogP contribution in [-0.2, 0) is 0 Å². The van der Waals surface area contributed by atoms with Crippen LogP contribution in [0.25, 0.3) is 0 Å². The predicted octanol–water partition coefficient (Wildman–Crippen LogP) is 3.68. The van der Waals surface area contributed by atoms with Gasteiger partial charge in [-0.25, -0.2) is 0 Å². The van der Waals surface area contributed by atoms with Gasteiger partial charge in [0.15, 0.2) is 0 Å². The van der Waals surface area contributed by atoms with Crippen molar-refractivity contribution in [2.75, 3.05) is 19.6 Å². The van der Waals surface area contributed by atoms with E-state index in [4.69, 9.17) is 5.26 Å². The quantitative estimate of drug-likeness (QED) is 0.588. The SMILES string of the molecule is CCN(CCCCC(C)(C)C#N)CC(C)C. The van der Waals surface area contributed by atoms with Gasteiger partial charge in [0.25, 0.3) is 0 Å². The largest absolute Gasteiger partial charge is 0.303 e. The molecule has 94 valence electrons. The Morgan fingerprint density at radius 1 is 1.25 bits per heavy atom. The minimum atomic E-state index is -0.144. The zero-order valence-electron chi connectivity index (χ0n) is 11.7. The van der Waals surface area contributed by atoms with Crippen molar-refractivity contribution in [3.05, 3.63) is 0 Å². The van der Waals surface area contributed by atoms with E-state index in [-0.39, 0.29) is 5.41 Å². The van der Waals surface area contributed by atoms with Gasteiger partial charge >= 0.3 is 0 Å². The van der Waals surface area contributed by atoms with Crippen molar-refractivity contribution in [2.45, 2.75) is 53.9 Å². The molecule has 0 amide bonds. The number of hydrogen-bond acceptors (Lipinski definition) is 2. The predicted molar refractivity (Wildman–Crippen MR) is 70.2 cm³/mol. The summed E-state index contributed by atoms with van der Waals surface area (Å²) in [6, 6.07) is 2.36. The summed E-state index contributed by atoms with van der Waals surface area (Å²) in [5.74, 6) is 0.746. The first-order valence-electron chi connectivity index (χ1n) is 6.55. The minimum absolute atomic E-state index is 0.144. The Morgan fingerprint density at radius 3 is 2.31 bits per heavy atom. The van der Waals surface area contributed by atoms with Crippen LogP contribution in [0.15, 0.2) is 0 Å². The molecule has 0 aliphatic heterocycles. The van der Waals surface area contributed by atoms with Crippen LogP contribution >= 0.6 is 0 Å². The summed E-state index contributed by atoms with van der Waals surface area (Å²) in [6.07, 6.45) is 3.39. The standard InChI is InChI=1S/C14H28N2/c1-6-16(11-13(2)3)10-8-7-9-14(4,5)12-15/h13H,6-11H2,1-5H3. The highest BCUT2D eigenvalue weighted by Gasteiger charge is 2.15. The lowest BCUT2D eigenvalue weighted by Crippen LogP contribution is -2.28. The van der Waals surface area contributed by atoms with Crippen LogP contribution in [0, 0.1) is 22.7 Å². The summed E-state index contributed by atoms with van der Waals surface area (Å²) in [4.78, 5) is 2.50. The van der Waals surface area contributed by atoms with Crippen LogP contribution in [0.3, 0.4) is 0 Å². The van der Waals surface area contributed by atoms with Crippen LogP contribution in [0.5, 0.6) is 0 Å². The summed E-state index contributed by atoms with van der Waals surface area (Å²) >= 11 is 0. The summed E-state index contributed by atoms with van der Waals surface area (Å²) < 4.78 is 0. The zero-order valence-corrected chi connectivity index (χ0v) is 11.7. The van der Waals surface area contributed by atoms with Crippen LogP contribution in [0.1, 0.15) is 53.9 Å². The van der Waals surface area contributed by atoms with Gasteiger partial charge in [-0.1, -0.05) is 27.2 Å². The molecule has 0 aliphatic rings. The van der Waals surface area contributed by atoms with Crippen molar-refractivity contribution < 1.29 is 0 Å². The zero-order chi connectivity index (χ0) is 12.6. The third-order valence-corrected chi connectivity index (χ3v) is 2.90. The lowest BCUT2D eigenvalue weighted by molar-refractivity contribution is 0.247. The van der Waals surface area contributed by atoms with Gasteiger partial charge in [0.2, 0.25) is 0 Å². The van der Waals surface area contributed by atoms with Gasteiger partial charge in [-0.3, -0.25) is 0 Å². The topological polar surface area (TPSA) is 27.0 Å². The molecule has 0 radical (unpaired) electrons. The number of nitriles is 1. The van der Waals surface area contributed by atoms with E-state index in [0.29, 0.717) is 0 Å². The Kier molecular flexibility index (Phi) is 7.42. The Morgan fingerprint density at radius 2 is 1.88 bits per heavy atom. The molecular formula is C14H28N2. The molecule has 0 aromatic rings. The van der Waals surface area contributed by atoms with E-state index in [2.05, 4.69) is 31.7 Å². The molecule has 16 heavy (non-hydrogen) atoms. The van der Waals surface area contributed by atoms with Crippen molar-refractivity contribution >= 4 is 0 Å². The summed E-state index contributed by atoms with van der Waals surface area (Å²) in [5.41, 5.74) is -0.144. The smallest absolute Gasteiger partial charge is 0.0683 e. The highest BCUT2D eigenvalue weighted by molar-refractivity contribution is 4.91. The van der Waals surface area contributed by atoms with Gasteiger partial charge in [-0.15, -0.1) is 0 Å². The third kappa shape index (κ3) is 7.70. The van der Waals surface area contributed by atoms with Crippen molar-refractivity contribution in [1.29, 1.82) is 5.26 Å². The van der Waals surface area contributed by atoms with Gasteiger partial charge in [0.1, 0.15) is 0 Å². The average molecular weight is 224 g/mol. The lowest BCUT2D eigenvalue weighted by Gasteiger charge is -2.23. The molecule has 0 N–H and O–H groups in total. The number of unbranched alkanes of at least 4 members (excludes halogenated alkanes) is 1. The lowest BCUT2D eigenvalue weighted by atomic mass is 9.89. The molecule has 0 saturated carbocycles. The number of nitrogens with zero attached hydrogens (tertiary/aromatic N) is 2. The van der Waals surface area contributed by atoms with Crippen molar-refractivity contribution in [3.63, 3.8) is 0 Å². The van der Waals surface area contributed by atoms with Gasteiger partial charge in [0.05, 0.1) is 11.5 Å². The normalized spacial score (nSPS) is 12.1. The fraction of sp³-hybridized carbons (Fsp3) is 0.929. The maximum absolute atomic E-state index is 8.91. The highest BCUT2D eigenvalue weighted by atomic mass is 15.1. The Balaban J connectivity index is 3.68. The molecule has 2 nitrogen and oxygen atoms in total. The maximum Gasteiger partial charge on any atom is 0.0683 e. The molecule has 0 spiro atoms. The molecule has 0 aliphatic carbocycles. The molecule has 0 aromatic heterocycles. The minimum Gasteiger partial charge on any atom is -0.303 e. The fourth-order valence-electron chi connectivity index (χ4n) is 1.85. The second kappa shape index (κ2) is 7.68. The Labute approximate surface area is 102 Å². The number of hydrogen-bond donors (Lipinski definition) is 0. The van der Waals surface area contributed by atoms with Gasteiger partial charge < -0.3 is 4.90 Å². The maximum atomic E-state index is 8.91. The molecular weight excluding hydrogens is 196 g/mol. The van der Waals surface area contributed by atoms with E-state index >= 15 is 0 Å². The van der Waals surface area contributed by atoms with E-state index in [9.17, 15) is 0 Å². The Bertz CT molecular complexity index is 213. The van der Waals surface area contributed by atoms with E-state index < -0.39 is 0 Å². The van der Waals surface area contributed by atoms with Gasteiger partial charge in [0, 0.05) is 6.54 Å². The Hall–Kier alpha value is -0.550. The van der Waals surface area contributed by atoms with E-state index in [1.165, 1.54) is 19.5 Å². The molecule has 0 unspecified atom stereocenters. The molecule has 0 aromatic carbocycles. The van der Waals surface area contributed by atoms with E-state index in [1.807, 2.05) is 13.8 Å². The first-order chi connectivity index (χ1) is 7.41. The van der Waals surface area contributed by atoms with Crippen LogP contribution in [0.2, 0.25) is 0 Å². The first-order valence-corrected chi connectivity index (χ1v) is 6.55. The second-order valence-electron chi connectivity index (χ2n) is 5.74. The highest BCUT2D eigenvalue weighted by Crippen LogP contribution is 2.21. The van der Waals surface area contributed by atoms with Crippen LogP contribution in [-0.4, -0.2) is 24.5 Å². The fourth-order valence-corrected chi connectivity index (χ4v) is 1.85. The summed E-state index contributed by atoms with van der Waals surface area (Å²) in [5, 5.41) is 8.91. The first kappa shape index (κ1) is 15.4. The molecule has 0 rings (SSSR count). The molecule has 0 atom stereocenters. The van der Waals surface area contributed by atoms with Gasteiger partial charge in [-0.2, -0.15) is 5.26 Å². The molecule has 0 bridgehead atoms. The van der Waals surface area contributed by atoms with Crippen LogP contribution < -0.4 is 0 Å².